The summed E-state index contributed by atoms with van der Waals surface area (Å²) in [5.41, 5.74) is 5.60. The van der Waals surface area contributed by atoms with E-state index in [1.807, 2.05) is 30.3 Å². The topological polar surface area (TPSA) is 27.6 Å². The fourth-order valence-corrected chi connectivity index (χ4v) is 1.81. The highest BCUT2D eigenvalue weighted by molar-refractivity contribution is 6.30. The van der Waals surface area contributed by atoms with E-state index >= 15 is 0 Å². The number of alkyl halides is 2. The molecule has 1 aromatic carbocycles. The molecule has 0 saturated heterocycles. The lowest BCUT2D eigenvalue weighted by molar-refractivity contribution is 0.260. The van der Waals surface area contributed by atoms with Gasteiger partial charge in [0.2, 0.25) is 0 Å². The number of hydrazine groups is 1. The maximum Gasteiger partial charge on any atom is 0.132 e. The number of hydrazone groups is 1. The van der Waals surface area contributed by atoms with Crippen molar-refractivity contribution in [3.05, 3.63) is 46.6 Å². The third-order valence-electron chi connectivity index (χ3n) is 2.21. The van der Waals surface area contributed by atoms with E-state index in [1.54, 1.807) is 0 Å². The predicted molar refractivity (Wildman–Crippen MR) is 72.5 cm³/mol. The molecule has 0 radical (unpaired) electrons. The molecule has 1 aliphatic rings. The fraction of sp³-hybridized carbons (Fsp3) is 0.182. The van der Waals surface area contributed by atoms with E-state index in [9.17, 15) is 0 Å². The molecule has 6 heteroatoms. The van der Waals surface area contributed by atoms with Crippen LogP contribution in [-0.4, -0.2) is 22.7 Å². The number of nitrogens with one attached hydrogen (secondary N) is 1. The number of hydrogen-bond donors (Lipinski definition) is 1. The highest BCUT2D eigenvalue weighted by Crippen LogP contribution is 2.14. The minimum Gasteiger partial charge on any atom is -0.284 e. The summed E-state index contributed by atoms with van der Waals surface area (Å²) in [7, 11) is 0. The second-order valence-electron chi connectivity index (χ2n) is 3.43. The van der Waals surface area contributed by atoms with Crippen molar-refractivity contribution in [3.63, 3.8) is 0 Å². The molecule has 1 aliphatic heterocycles. The van der Waals surface area contributed by atoms with Crippen LogP contribution < -0.4 is 5.43 Å². The maximum atomic E-state index is 5.84. The van der Waals surface area contributed by atoms with Gasteiger partial charge in [0, 0.05) is 10.6 Å². The molecule has 17 heavy (non-hydrogen) atoms. The van der Waals surface area contributed by atoms with Crippen molar-refractivity contribution in [2.75, 3.05) is 11.9 Å². The van der Waals surface area contributed by atoms with Crippen molar-refractivity contribution in [1.82, 2.24) is 10.5 Å². The third-order valence-corrected chi connectivity index (χ3v) is 2.98. The average molecular weight is 291 g/mol. The molecule has 0 bridgehead atoms. The number of benzene rings is 1. The molecule has 0 aliphatic carbocycles. The van der Waals surface area contributed by atoms with Crippen LogP contribution in [0.4, 0.5) is 0 Å². The van der Waals surface area contributed by atoms with E-state index in [2.05, 4.69) is 10.5 Å². The summed E-state index contributed by atoms with van der Waals surface area (Å²) >= 11 is 17.4. The third kappa shape index (κ3) is 3.06. The van der Waals surface area contributed by atoms with Gasteiger partial charge in [0.05, 0.1) is 17.3 Å². The first-order chi connectivity index (χ1) is 8.22. The normalized spacial score (nSPS) is 15.1. The average Bonchev–Trinajstić information content (AvgIpc) is 2.39. The van der Waals surface area contributed by atoms with Gasteiger partial charge in [-0.2, -0.15) is 10.2 Å². The Labute approximate surface area is 115 Å². The predicted octanol–water partition coefficient (Wildman–Crippen LogP) is 3.18. The van der Waals surface area contributed by atoms with Gasteiger partial charge >= 0.3 is 0 Å². The van der Waals surface area contributed by atoms with Gasteiger partial charge in [-0.25, -0.2) is 0 Å². The van der Waals surface area contributed by atoms with E-state index < -0.39 is 0 Å². The summed E-state index contributed by atoms with van der Waals surface area (Å²) in [4.78, 5) is 0. The molecule has 1 aromatic rings. The lowest BCUT2D eigenvalue weighted by Crippen LogP contribution is -2.37. The van der Waals surface area contributed by atoms with Crippen LogP contribution in [0.15, 0.2) is 41.1 Å². The van der Waals surface area contributed by atoms with Gasteiger partial charge in [0.25, 0.3) is 0 Å². The van der Waals surface area contributed by atoms with E-state index in [-0.39, 0.29) is 6.00 Å². The molecule has 3 nitrogen and oxygen atoms in total. The van der Waals surface area contributed by atoms with Crippen LogP contribution in [0.25, 0.3) is 0 Å². The highest BCUT2D eigenvalue weighted by atomic mass is 35.5. The first-order valence-corrected chi connectivity index (χ1v) is 6.39. The highest BCUT2D eigenvalue weighted by Gasteiger charge is 2.12. The molecular weight excluding hydrogens is 281 g/mol. The van der Waals surface area contributed by atoms with Crippen molar-refractivity contribution in [2.45, 2.75) is 0 Å². The molecule has 0 spiro atoms. The van der Waals surface area contributed by atoms with Crippen LogP contribution in [0, 0.1) is 0 Å². The number of nitrogens with zero attached hydrogens (tertiary/aromatic N) is 2. The zero-order chi connectivity index (χ0) is 12.3. The van der Waals surface area contributed by atoms with Gasteiger partial charge in [-0.3, -0.25) is 5.43 Å². The molecule has 90 valence electrons. The van der Waals surface area contributed by atoms with Gasteiger partial charge in [-0.15, -0.1) is 11.6 Å². The SMILES string of the molecule is ClCC1=CC(c2ccc(Cl)cc2)=NN(CCl)N1. The zero-order valence-electron chi connectivity index (χ0n) is 8.83. The molecule has 0 saturated carbocycles. The fourth-order valence-electron chi connectivity index (χ4n) is 1.43. The minimum atomic E-state index is 0.241. The Morgan fingerprint density at radius 3 is 2.47 bits per heavy atom. The van der Waals surface area contributed by atoms with E-state index in [0.717, 1.165) is 17.0 Å². The number of halogens is 3. The van der Waals surface area contributed by atoms with Crippen molar-refractivity contribution >= 4 is 40.5 Å². The van der Waals surface area contributed by atoms with Gasteiger partial charge in [-0.05, 0) is 18.2 Å². The van der Waals surface area contributed by atoms with Gasteiger partial charge in [-0.1, -0.05) is 35.3 Å². The molecule has 0 unspecified atom stereocenters. The molecule has 0 aromatic heterocycles. The maximum absolute atomic E-state index is 5.84. The van der Waals surface area contributed by atoms with E-state index in [4.69, 9.17) is 34.8 Å². The summed E-state index contributed by atoms with van der Waals surface area (Å²) in [6, 6.07) is 7.69. The Kier molecular flexibility index (Phi) is 4.15. The molecule has 1 N–H and O–H groups in total. The van der Waals surface area contributed by atoms with Crippen molar-refractivity contribution in [3.8, 4) is 0 Å². The molecule has 0 fully saturated rings. The Morgan fingerprint density at radius 2 is 1.88 bits per heavy atom. The summed E-state index contributed by atoms with van der Waals surface area (Å²) < 4.78 is 0. The Bertz CT molecular complexity index is 454. The molecule has 2 rings (SSSR count). The summed E-state index contributed by atoms with van der Waals surface area (Å²) in [5.74, 6) is 0.375. The Balaban J connectivity index is 2.32. The lowest BCUT2D eigenvalue weighted by atomic mass is 10.1. The lowest BCUT2D eigenvalue weighted by Gasteiger charge is -2.24. The molecule has 0 atom stereocenters. The zero-order valence-corrected chi connectivity index (χ0v) is 11.1. The van der Waals surface area contributed by atoms with Crippen LogP contribution in [0.3, 0.4) is 0 Å². The summed E-state index contributed by atoms with van der Waals surface area (Å²) in [6.07, 6.45) is 1.89. The monoisotopic (exact) mass is 289 g/mol. The standard InChI is InChI=1S/C11H10Cl3N3/c12-6-10-5-11(16-17(7-13)15-10)8-1-3-9(14)4-2-8/h1-5,15H,6-7H2. The minimum absolute atomic E-state index is 0.241. The molecule has 1 heterocycles. The summed E-state index contributed by atoms with van der Waals surface area (Å²) in [6.45, 7) is 0. The Hall–Kier alpha value is -0.900. The number of hydrogen-bond acceptors (Lipinski definition) is 3. The van der Waals surface area contributed by atoms with Gasteiger partial charge in [0.1, 0.15) is 6.00 Å². The Morgan fingerprint density at radius 1 is 1.18 bits per heavy atom. The summed E-state index contributed by atoms with van der Waals surface area (Å²) in [5, 5.41) is 6.55. The van der Waals surface area contributed by atoms with Crippen molar-refractivity contribution in [2.24, 2.45) is 5.10 Å². The van der Waals surface area contributed by atoms with Crippen molar-refractivity contribution < 1.29 is 0 Å². The van der Waals surface area contributed by atoms with E-state index in [1.165, 1.54) is 5.12 Å². The quantitative estimate of drug-likeness (QED) is 0.684. The van der Waals surface area contributed by atoms with Gasteiger partial charge in [0.15, 0.2) is 0 Å². The number of allylic oxidation sites excluding steroid dienone is 2. The number of rotatable bonds is 3. The first-order valence-electron chi connectivity index (χ1n) is 4.94. The van der Waals surface area contributed by atoms with Crippen LogP contribution in [0.5, 0.6) is 0 Å². The van der Waals surface area contributed by atoms with Gasteiger partial charge < -0.3 is 0 Å². The van der Waals surface area contributed by atoms with Crippen LogP contribution in [-0.2, 0) is 0 Å². The van der Waals surface area contributed by atoms with Crippen LogP contribution >= 0.6 is 34.8 Å². The van der Waals surface area contributed by atoms with Crippen LogP contribution in [0.2, 0.25) is 5.02 Å². The second kappa shape index (κ2) is 5.63. The van der Waals surface area contributed by atoms with Crippen LogP contribution in [0.1, 0.15) is 5.56 Å². The van der Waals surface area contributed by atoms with E-state index in [0.29, 0.717) is 10.9 Å². The largest absolute Gasteiger partial charge is 0.284 e. The molecule has 0 amide bonds. The second-order valence-corrected chi connectivity index (χ2v) is 4.37. The smallest absolute Gasteiger partial charge is 0.132 e. The first kappa shape index (κ1) is 12.6. The molecular formula is C11H10Cl3N3. The van der Waals surface area contributed by atoms with Crippen molar-refractivity contribution in [1.29, 1.82) is 0 Å².